The van der Waals surface area contributed by atoms with Crippen molar-refractivity contribution >= 4 is 17.7 Å². The SMILES string of the molecule is CC(C(=O)O)N(C(=O)c1ccnc(N(C)C)c1)C1CC1. The summed E-state index contributed by atoms with van der Waals surface area (Å²) in [5.41, 5.74) is 0.476. The fraction of sp³-hybridized carbons (Fsp3) is 0.500. The van der Waals surface area contributed by atoms with Gasteiger partial charge in [0.25, 0.3) is 5.91 Å². The van der Waals surface area contributed by atoms with Crippen molar-refractivity contribution in [2.45, 2.75) is 31.8 Å². The Kier molecular flexibility index (Phi) is 3.92. The van der Waals surface area contributed by atoms with E-state index in [-0.39, 0.29) is 11.9 Å². The van der Waals surface area contributed by atoms with Crippen LogP contribution in [-0.2, 0) is 4.79 Å². The van der Waals surface area contributed by atoms with Crippen molar-refractivity contribution in [2.24, 2.45) is 0 Å². The van der Waals surface area contributed by atoms with Gasteiger partial charge in [-0.3, -0.25) is 4.79 Å². The molecule has 6 nitrogen and oxygen atoms in total. The van der Waals surface area contributed by atoms with Crippen molar-refractivity contribution in [3.8, 4) is 0 Å². The third-order valence-electron chi connectivity index (χ3n) is 3.40. The molecule has 0 aromatic carbocycles. The Morgan fingerprint density at radius 2 is 2.05 bits per heavy atom. The fourth-order valence-electron chi connectivity index (χ4n) is 2.07. The van der Waals surface area contributed by atoms with E-state index in [0.29, 0.717) is 11.4 Å². The lowest BCUT2D eigenvalue weighted by Gasteiger charge is -2.26. The van der Waals surface area contributed by atoms with E-state index in [4.69, 9.17) is 5.11 Å². The first-order valence-electron chi connectivity index (χ1n) is 6.60. The number of rotatable bonds is 5. The van der Waals surface area contributed by atoms with Gasteiger partial charge in [0, 0.05) is 31.9 Å². The highest BCUT2D eigenvalue weighted by atomic mass is 16.4. The monoisotopic (exact) mass is 277 g/mol. The molecule has 0 spiro atoms. The number of aromatic nitrogens is 1. The molecule has 1 aliphatic carbocycles. The Hall–Kier alpha value is -2.11. The van der Waals surface area contributed by atoms with Crippen LogP contribution < -0.4 is 4.90 Å². The van der Waals surface area contributed by atoms with Crippen LogP contribution in [-0.4, -0.2) is 53.0 Å². The molecule has 1 aromatic rings. The fourth-order valence-corrected chi connectivity index (χ4v) is 2.07. The second-order valence-corrected chi connectivity index (χ2v) is 5.25. The minimum absolute atomic E-state index is 0.0459. The van der Waals surface area contributed by atoms with Gasteiger partial charge in [-0.25, -0.2) is 9.78 Å². The van der Waals surface area contributed by atoms with Crippen LogP contribution >= 0.6 is 0 Å². The topological polar surface area (TPSA) is 73.7 Å². The van der Waals surface area contributed by atoms with E-state index in [0.717, 1.165) is 12.8 Å². The van der Waals surface area contributed by atoms with Crippen LogP contribution in [0.5, 0.6) is 0 Å². The van der Waals surface area contributed by atoms with Crippen LogP contribution in [0, 0.1) is 0 Å². The van der Waals surface area contributed by atoms with Gasteiger partial charge in [0.05, 0.1) is 0 Å². The van der Waals surface area contributed by atoms with E-state index in [1.54, 1.807) is 30.2 Å². The minimum Gasteiger partial charge on any atom is -0.480 e. The Morgan fingerprint density at radius 3 is 2.55 bits per heavy atom. The number of nitrogens with zero attached hydrogens (tertiary/aromatic N) is 3. The second-order valence-electron chi connectivity index (χ2n) is 5.25. The molecule has 6 heteroatoms. The van der Waals surface area contributed by atoms with Gasteiger partial charge in [-0.2, -0.15) is 0 Å². The molecule has 1 unspecified atom stereocenters. The van der Waals surface area contributed by atoms with Gasteiger partial charge >= 0.3 is 5.97 Å². The van der Waals surface area contributed by atoms with Crippen molar-refractivity contribution in [1.82, 2.24) is 9.88 Å². The summed E-state index contributed by atoms with van der Waals surface area (Å²) in [5.74, 6) is -0.547. The van der Waals surface area contributed by atoms with Gasteiger partial charge in [0.1, 0.15) is 11.9 Å². The van der Waals surface area contributed by atoms with Crippen molar-refractivity contribution in [3.05, 3.63) is 23.9 Å². The summed E-state index contributed by atoms with van der Waals surface area (Å²) in [6, 6.07) is 2.54. The third-order valence-corrected chi connectivity index (χ3v) is 3.40. The molecule has 1 fully saturated rings. The molecule has 1 N–H and O–H groups in total. The highest BCUT2D eigenvalue weighted by molar-refractivity contribution is 5.97. The molecule has 1 aromatic heterocycles. The Morgan fingerprint density at radius 1 is 1.40 bits per heavy atom. The highest BCUT2D eigenvalue weighted by Gasteiger charge is 2.38. The molecule has 0 radical (unpaired) electrons. The maximum atomic E-state index is 12.6. The van der Waals surface area contributed by atoms with Crippen LogP contribution in [0.25, 0.3) is 0 Å². The van der Waals surface area contributed by atoms with Crippen molar-refractivity contribution in [1.29, 1.82) is 0 Å². The quantitative estimate of drug-likeness (QED) is 0.876. The number of hydrogen-bond donors (Lipinski definition) is 1. The summed E-state index contributed by atoms with van der Waals surface area (Å²) in [6.45, 7) is 1.55. The number of carboxylic acids is 1. The van der Waals surface area contributed by atoms with E-state index < -0.39 is 12.0 Å². The summed E-state index contributed by atoms with van der Waals surface area (Å²) >= 11 is 0. The Balaban J connectivity index is 2.28. The zero-order valence-electron chi connectivity index (χ0n) is 11.9. The predicted molar refractivity (Wildman–Crippen MR) is 74.9 cm³/mol. The molecule has 1 aliphatic rings. The van der Waals surface area contributed by atoms with Crippen LogP contribution in [0.3, 0.4) is 0 Å². The first-order valence-corrected chi connectivity index (χ1v) is 6.60. The number of amides is 1. The lowest BCUT2D eigenvalue weighted by molar-refractivity contribution is -0.141. The molecular formula is C14H19N3O3. The predicted octanol–water partition coefficient (Wildman–Crippen LogP) is 1.23. The van der Waals surface area contributed by atoms with Crippen LogP contribution in [0.1, 0.15) is 30.1 Å². The summed E-state index contributed by atoms with van der Waals surface area (Å²) in [6.07, 6.45) is 3.31. The Labute approximate surface area is 118 Å². The van der Waals surface area contributed by atoms with Crippen molar-refractivity contribution in [2.75, 3.05) is 19.0 Å². The first kappa shape index (κ1) is 14.3. The Bertz CT molecular complexity index is 526. The van der Waals surface area contributed by atoms with Crippen molar-refractivity contribution < 1.29 is 14.7 Å². The molecular weight excluding hydrogens is 258 g/mol. The lowest BCUT2D eigenvalue weighted by Crippen LogP contribution is -2.44. The van der Waals surface area contributed by atoms with Gasteiger partial charge in [-0.1, -0.05) is 0 Å². The first-order chi connectivity index (χ1) is 9.41. The molecule has 1 amide bonds. The number of pyridine rings is 1. The van der Waals surface area contributed by atoms with Crippen LogP contribution in [0.2, 0.25) is 0 Å². The highest BCUT2D eigenvalue weighted by Crippen LogP contribution is 2.30. The van der Waals surface area contributed by atoms with Gasteiger partial charge < -0.3 is 14.9 Å². The van der Waals surface area contributed by atoms with E-state index in [2.05, 4.69) is 4.98 Å². The number of anilines is 1. The normalized spacial score (nSPS) is 15.6. The van der Waals surface area contributed by atoms with Crippen LogP contribution in [0.15, 0.2) is 18.3 Å². The largest absolute Gasteiger partial charge is 0.480 e. The average molecular weight is 277 g/mol. The van der Waals surface area contributed by atoms with Gasteiger partial charge in [0.15, 0.2) is 0 Å². The van der Waals surface area contributed by atoms with E-state index >= 15 is 0 Å². The van der Waals surface area contributed by atoms with E-state index in [9.17, 15) is 9.59 Å². The van der Waals surface area contributed by atoms with E-state index in [1.165, 1.54) is 4.90 Å². The number of hydrogen-bond acceptors (Lipinski definition) is 4. The number of carboxylic acid groups (broad SMARTS) is 1. The molecule has 0 bridgehead atoms. The maximum absolute atomic E-state index is 12.6. The molecule has 1 heterocycles. The molecule has 0 aliphatic heterocycles. The summed E-state index contributed by atoms with van der Waals surface area (Å²) in [5, 5.41) is 9.15. The van der Waals surface area contributed by atoms with Gasteiger partial charge in [-0.15, -0.1) is 0 Å². The molecule has 108 valence electrons. The smallest absolute Gasteiger partial charge is 0.326 e. The zero-order valence-corrected chi connectivity index (χ0v) is 11.9. The number of aliphatic carboxylic acids is 1. The molecule has 20 heavy (non-hydrogen) atoms. The molecule has 0 saturated heterocycles. The summed E-state index contributed by atoms with van der Waals surface area (Å²) in [4.78, 5) is 31.2. The van der Waals surface area contributed by atoms with Gasteiger partial charge in [-0.05, 0) is 31.9 Å². The van der Waals surface area contributed by atoms with Crippen molar-refractivity contribution in [3.63, 3.8) is 0 Å². The minimum atomic E-state index is -0.980. The molecule has 1 saturated carbocycles. The zero-order chi connectivity index (χ0) is 14.9. The molecule has 2 rings (SSSR count). The summed E-state index contributed by atoms with van der Waals surface area (Å²) in [7, 11) is 3.68. The second kappa shape index (κ2) is 5.48. The maximum Gasteiger partial charge on any atom is 0.326 e. The lowest BCUT2D eigenvalue weighted by atomic mass is 10.2. The standard InChI is InChI=1S/C14H19N3O3/c1-9(14(19)20)17(11-4-5-11)13(18)10-6-7-15-12(8-10)16(2)3/h6-9,11H,4-5H2,1-3H3,(H,19,20). The number of carbonyl (C=O) groups is 2. The van der Waals surface area contributed by atoms with Crippen LogP contribution in [0.4, 0.5) is 5.82 Å². The third kappa shape index (κ3) is 2.89. The summed E-state index contributed by atoms with van der Waals surface area (Å²) < 4.78 is 0. The average Bonchev–Trinajstić information content (AvgIpc) is 3.23. The van der Waals surface area contributed by atoms with Gasteiger partial charge in [0.2, 0.25) is 0 Å². The van der Waals surface area contributed by atoms with E-state index in [1.807, 2.05) is 14.1 Å². The number of carbonyl (C=O) groups excluding carboxylic acids is 1. The molecule has 1 atom stereocenters.